The number of rotatable bonds is 4. The molecular weight excluding hydrogens is 333 g/mol. The van der Waals surface area contributed by atoms with Crippen molar-refractivity contribution in [2.75, 3.05) is 11.9 Å². The Labute approximate surface area is 125 Å². The Morgan fingerprint density at radius 3 is 2.84 bits per heavy atom. The summed E-state index contributed by atoms with van der Waals surface area (Å²) in [6, 6.07) is 3.83. The van der Waals surface area contributed by atoms with Gasteiger partial charge in [0.05, 0.1) is 10.6 Å². The van der Waals surface area contributed by atoms with E-state index >= 15 is 0 Å². The van der Waals surface area contributed by atoms with Gasteiger partial charge in [0.2, 0.25) is 0 Å². The molecule has 0 saturated heterocycles. The van der Waals surface area contributed by atoms with Crippen molar-refractivity contribution in [2.24, 2.45) is 11.8 Å². The first-order valence-corrected chi connectivity index (χ1v) is 7.91. The topological polar surface area (TPSA) is 29.1 Å². The molecule has 1 N–H and O–H groups in total. The van der Waals surface area contributed by atoms with Gasteiger partial charge in [-0.25, -0.2) is 4.39 Å². The standard InChI is InChI=1S/C14H16BrClFNO/c15-7-9-2-1-3-10(9)8-18-14(19)12-5-4-11(17)6-13(12)16/h4-6,9-10H,1-3,7-8H2,(H,18,19). The minimum Gasteiger partial charge on any atom is -0.352 e. The second-order valence-corrected chi connectivity index (χ2v) is 5.99. The van der Waals surface area contributed by atoms with Crippen LogP contribution in [0.1, 0.15) is 29.6 Å². The van der Waals surface area contributed by atoms with Crippen LogP contribution < -0.4 is 5.32 Å². The van der Waals surface area contributed by atoms with Crippen LogP contribution in [0.25, 0.3) is 0 Å². The Morgan fingerprint density at radius 1 is 1.42 bits per heavy atom. The fraction of sp³-hybridized carbons (Fsp3) is 0.500. The highest BCUT2D eigenvalue weighted by Crippen LogP contribution is 2.32. The largest absolute Gasteiger partial charge is 0.352 e. The molecule has 2 nitrogen and oxygen atoms in total. The van der Waals surface area contributed by atoms with Crippen LogP contribution >= 0.6 is 27.5 Å². The van der Waals surface area contributed by atoms with Crippen molar-refractivity contribution in [3.8, 4) is 0 Å². The molecule has 1 aliphatic rings. The molecule has 0 radical (unpaired) electrons. The maximum atomic E-state index is 12.9. The first kappa shape index (κ1) is 14.8. The van der Waals surface area contributed by atoms with Crippen LogP contribution in [0.5, 0.6) is 0 Å². The third-order valence-electron chi connectivity index (χ3n) is 3.72. The number of carbonyl (C=O) groups excluding carboxylic acids is 1. The summed E-state index contributed by atoms with van der Waals surface area (Å²) in [5, 5.41) is 4.03. The SMILES string of the molecule is O=C(NCC1CCCC1CBr)c1ccc(F)cc1Cl. The highest BCUT2D eigenvalue weighted by molar-refractivity contribution is 9.09. The first-order chi connectivity index (χ1) is 9.11. The molecule has 104 valence electrons. The van der Waals surface area contributed by atoms with E-state index in [4.69, 9.17) is 11.6 Å². The molecule has 1 amide bonds. The Morgan fingerprint density at radius 2 is 2.16 bits per heavy atom. The van der Waals surface area contributed by atoms with E-state index in [0.717, 1.165) is 17.8 Å². The summed E-state index contributed by atoms with van der Waals surface area (Å²) < 4.78 is 12.9. The summed E-state index contributed by atoms with van der Waals surface area (Å²) in [4.78, 5) is 12.0. The summed E-state index contributed by atoms with van der Waals surface area (Å²) in [6.45, 7) is 0.656. The molecule has 19 heavy (non-hydrogen) atoms. The third-order valence-corrected chi connectivity index (χ3v) is 4.86. The van der Waals surface area contributed by atoms with Gasteiger partial charge in [-0.05, 0) is 42.9 Å². The number of halogens is 3. The van der Waals surface area contributed by atoms with Crippen LogP contribution in [0.15, 0.2) is 18.2 Å². The number of carbonyl (C=O) groups is 1. The molecule has 0 aromatic heterocycles. The quantitative estimate of drug-likeness (QED) is 0.818. The maximum absolute atomic E-state index is 12.9. The predicted octanol–water partition coefficient (Wildman–Crippen LogP) is 4.02. The van der Waals surface area contributed by atoms with E-state index in [1.165, 1.54) is 25.0 Å². The molecule has 2 atom stereocenters. The van der Waals surface area contributed by atoms with Gasteiger partial charge >= 0.3 is 0 Å². The fourth-order valence-electron chi connectivity index (χ4n) is 2.58. The highest BCUT2D eigenvalue weighted by Gasteiger charge is 2.26. The number of amides is 1. The van der Waals surface area contributed by atoms with Crippen molar-refractivity contribution >= 4 is 33.4 Å². The van der Waals surface area contributed by atoms with Crippen LogP contribution in [0, 0.1) is 17.7 Å². The zero-order chi connectivity index (χ0) is 13.8. The summed E-state index contributed by atoms with van der Waals surface area (Å²) >= 11 is 9.38. The van der Waals surface area contributed by atoms with Gasteiger partial charge in [-0.1, -0.05) is 34.0 Å². The molecule has 1 aliphatic carbocycles. The lowest BCUT2D eigenvalue weighted by Gasteiger charge is -2.18. The maximum Gasteiger partial charge on any atom is 0.252 e. The number of benzene rings is 1. The van der Waals surface area contributed by atoms with E-state index < -0.39 is 5.82 Å². The van der Waals surface area contributed by atoms with Gasteiger partial charge in [0.1, 0.15) is 5.82 Å². The van der Waals surface area contributed by atoms with Gasteiger partial charge < -0.3 is 5.32 Å². The highest BCUT2D eigenvalue weighted by atomic mass is 79.9. The number of nitrogens with one attached hydrogen (secondary N) is 1. The second-order valence-electron chi connectivity index (χ2n) is 4.94. The molecule has 5 heteroatoms. The minimum atomic E-state index is -0.434. The van der Waals surface area contributed by atoms with Gasteiger partial charge in [-0.15, -0.1) is 0 Å². The Balaban J connectivity index is 1.94. The molecule has 0 spiro atoms. The number of hydrogen-bond donors (Lipinski definition) is 1. The van der Waals surface area contributed by atoms with Crippen LogP contribution in [0.4, 0.5) is 4.39 Å². The van der Waals surface area contributed by atoms with E-state index in [0.29, 0.717) is 23.9 Å². The predicted molar refractivity (Wildman–Crippen MR) is 78.4 cm³/mol. The molecule has 1 saturated carbocycles. The molecule has 1 fully saturated rings. The second kappa shape index (κ2) is 6.71. The normalized spacial score (nSPS) is 22.5. The molecule has 0 heterocycles. The summed E-state index contributed by atoms with van der Waals surface area (Å²) in [7, 11) is 0. The van der Waals surface area contributed by atoms with E-state index in [2.05, 4.69) is 21.2 Å². The van der Waals surface area contributed by atoms with E-state index in [9.17, 15) is 9.18 Å². The first-order valence-electron chi connectivity index (χ1n) is 6.41. The van der Waals surface area contributed by atoms with E-state index in [1.54, 1.807) is 0 Å². The van der Waals surface area contributed by atoms with Crippen molar-refractivity contribution in [3.05, 3.63) is 34.6 Å². The number of hydrogen-bond acceptors (Lipinski definition) is 1. The van der Waals surface area contributed by atoms with Crippen molar-refractivity contribution in [1.29, 1.82) is 0 Å². The van der Waals surface area contributed by atoms with Crippen LogP contribution in [-0.4, -0.2) is 17.8 Å². The van der Waals surface area contributed by atoms with Crippen molar-refractivity contribution in [3.63, 3.8) is 0 Å². The Hall–Kier alpha value is -0.610. The van der Waals surface area contributed by atoms with Crippen LogP contribution in [0.3, 0.4) is 0 Å². The lowest BCUT2D eigenvalue weighted by molar-refractivity contribution is 0.0945. The van der Waals surface area contributed by atoms with Gasteiger partial charge in [0.15, 0.2) is 0 Å². The van der Waals surface area contributed by atoms with Gasteiger partial charge in [-0.3, -0.25) is 4.79 Å². The van der Waals surface area contributed by atoms with Crippen molar-refractivity contribution in [2.45, 2.75) is 19.3 Å². The van der Waals surface area contributed by atoms with E-state index in [-0.39, 0.29) is 10.9 Å². The molecule has 2 unspecified atom stereocenters. The van der Waals surface area contributed by atoms with E-state index in [1.807, 2.05) is 0 Å². The zero-order valence-corrected chi connectivity index (χ0v) is 12.8. The lowest BCUT2D eigenvalue weighted by atomic mass is 9.98. The molecule has 1 aromatic carbocycles. The van der Waals surface area contributed by atoms with Gasteiger partial charge in [-0.2, -0.15) is 0 Å². The van der Waals surface area contributed by atoms with Gasteiger partial charge in [0.25, 0.3) is 5.91 Å². The molecule has 1 aromatic rings. The summed E-state index contributed by atoms with van der Waals surface area (Å²) in [5.41, 5.74) is 0.330. The van der Waals surface area contributed by atoms with Crippen LogP contribution in [-0.2, 0) is 0 Å². The summed E-state index contributed by atoms with van der Waals surface area (Å²) in [5.74, 6) is 0.480. The molecule has 0 aliphatic heterocycles. The van der Waals surface area contributed by atoms with Gasteiger partial charge in [0, 0.05) is 11.9 Å². The smallest absolute Gasteiger partial charge is 0.252 e. The van der Waals surface area contributed by atoms with Crippen LogP contribution in [0.2, 0.25) is 5.02 Å². The average molecular weight is 349 g/mol. The Bertz CT molecular complexity index is 469. The van der Waals surface area contributed by atoms with Crippen molar-refractivity contribution in [1.82, 2.24) is 5.32 Å². The molecule has 2 rings (SSSR count). The zero-order valence-electron chi connectivity index (χ0n) is 10.5. The Kier molecular flexibility index (Phi) is 5.22. The monoisotopic (exact) mass is 347 g/mol. The minimum absolute atomic E-state index is 0.154. The summed E-state index contributed by atoms with van der Waals surface area (Å²) in [6.07, 6.45) is 3.57. The lowest BCUT2D eigenvalue weighted by Crippen LogP contribution is -2.31. The average Bonchev–Trinajstić information content (AvgIpc) is 2.83. The number of alkyl halides is 1. The third kappa shape index (κ3) is 3.69. The molecule has 0 bridgehead atoms. The fourth-order valence-corrected chi connectivity index (χ4v) is 3.68. The molecular formula is C14H16BrClFNO. The van der Waals surface area contributed by atoms with Crippen molar-refractivity contribution < 1.29 is 9.18 Å².